The lowest BCUT2D eigenvalue weighted by molar-refractivity contribution is -0.139. The number of alkyl halides is 3. The Morgan fingerprint density at radius 2 is 1.71 bits per heavy atom. The van der Waals surface area contributed by atoms with Crippen LogP contribution in [0.15, 0.2) is 46.2 Å². The lowest BCUT2D eigenvalue weighted by Gasteiger charge is -2.15. The van der Waals surface area contributed by atoms with Crippen molar-refractivity contribution in [1.29, 1.82) is 0 Å². The van der Waals surface area contributed by atoms with E-state index in [1.165, 1.54) is 12.1 Å². The zero-order valence-corrected chi connectivity index (χ0v) is 12.5. The highest BCUT2D eigenvalue weighted by molar-refractivity contribution is 7.99. The highest BCUT2D eigenvalue weighted by atomic mass is 32.2. The molecule has 0 aliphatic heterocycles. The molecule has 0 saturated carbocycles. The Bertz CT molecular complexity index is 650. The molecule has 0 aliphatic carbocycles. The van der Waals surface area contributed by atoms with E-state index in [1.807, 2.05) is 32.0 Å². The summed E-state index contributed by atoms with van der Waals surface area (Å²) in [6, 6.07) is 9.64. The molecule has 0 radical (unpaired) electrons. The molecule has 0 fully saturated rings. The Morgan fingerprint density at radius 3 is 2.33 bits per heavy atom. The van der Waals surface area contributed by atoms with Crippen molar-refractivity contribution in [1.82, 2.24) is 0 Å². The van der Waals surface area contributed by atoms with Crippen LogP contribution in [-0.2, 0) is 12.8 Å². The van der Waals surface area contributed by atoms with Gasteiger partial charge in [0.25, 0.3) is 0 Å². The fourth-order valence-electron chi connectivity index (χ4n) is 1.92. The molecule has 0 heterocycles. The first-order valence-electron chi connectivity index (χ1n) is 6.37. The molecule has 0 bridgehead atoms. The Kier molecular flexibility index (Phi) is 4.64. The van der Waals surface area contributed by atoms with Crippen LogP contribution in [0.1, 0.15) is 22.3 Å². The lowest BCUT2D eigenvalue weighted by Crippen LogP contribution is -2.07. The molecular formula is C16H15F3OS. The predicted octanol–water partition coefficient (Wildman–Crippen LogP) is 4.97. The third-order valence-electron chi connectivity index (χ3n) is 3.10. The van der Waals surface area contributed by atoms with Crippen molar-refractivity contribution in [2.75, 3.05) is 0 Å². The maximum Gasteiger partial charge on any atom is 0.417 e. The Morgan fingerprint density at radius 1 is 1.00 bits per heavy atom. The summed E-state index contributed by atoms with van der Waals surface area (Å²) in [6.07, 6.45) is -4.44. The van der Waals surface area contributed by atoms with Crippen molar-refractivity contribution in [2.24, 2.45) is 0 Å². The third kappa shape index (κ3) is 3.80. The SMILES string of the molecule is Cc1ccc(C)c(Sc2ccc(CO)cc2C(F)(F)F)c1. The summed E-state index contributed by atoms with van der Waals surface area (Å²) in [5, 5.41) is 9.01. The van der Waals surface area contributed by atoms with E-state index in [1.54, 1.807) is 0 Å². The van der Waals surface area contributed by atoms with Gasteiger partial charge in [0, 0.05) is 9.79 Å². The van der Waals surface area contributed by atoms with Gasteiger partial charge in [-0.1, -0.05) is 30.0 Å². The monoisotopic (exact) mass is 312 g/mol. The maximum atomic E-state index is 13.2. The largest absolute Gasteiger partial charge is 0.417 e. The fourth-order valence-corrected chi connectivity index (χ4v) is 3.05. The summed E-state index contributed by atoms with van der Waals surface area (Å²) in [5.41, 5.74) is 1.49. The van der Waals surface area contributed by atoms with Gasteiger partial charge in [0.2, 0.25) is 0 Å². The van der Waals surface area contributed by atoms with Crippen LogP contribution in [0.5, 0.6) is 0 Å². The van der Waals surface area contributed by atoms with Crippen LogP contribution in [0.25, 0.3) is 0 Å². The van der Waals surface area contributed by atoms with E-state index in [9.17, 15) is 13.2 Å². The van der Waals surface area contributed by atoms with Crippen LogP contribution in [0.3, 0.4) is 0 Å². The second-order valence-electron chi connectivity index (χ2n) is 4.86. The number of aliphatic hydroxyl groups excluding tert-OH is 1. The molecule has 2 rings (SSSR count). The molecule has 2 aromatic rings. The summed E-state index contributed by atoms with van der Waals surface area (Å²) in [6.45, 7) is 3.37. The zero-order chi connectivity index (χ0) is 15.6. The normalized spacial score (nSPS) is 11.7. The van der Waals surface area contributed by atoms with Crippen LogP contribution in [0, 0.1) is 13.8 Å². The molecule has 0 spiro atoms. The van der Waals surface area contributed by atoms with Crippen LogP contribution >= 0.6 is 11.8 Å². The van der Waals surface area contributed by atoms with Gasteiger partial charge in [0.15, 0.2) is 0 Å². The van der Waals surface area contributed by atoms with Crippen molar-refractivity contribution in [3.63, 3.8) is 0 Å². The second-order valence-corrected chi connectivity index (χ2v) is 5.94. The summed E-state index contributed by atoms with van der Waals surface area (Å²) in [5.74, 6) is 0. The number of hydrogen-bond donors (Lipinski definition) is 1. The van der Waals surface area contributed by atoms with Gasteiger partial charge in [-0.25, -0.2) is 0 Å². The quantitative estimate of drug-likeness (QED) is 0.864. The van der Waals surface area contributed by atoms with E-state index < -0.39 is 18.3 Å². The van der Waals surface area contributed by atoms with Crippen molar-refractivity contribution in [3.05, 3.63) is 58.7 Å². The molecule has 0 aromatic heterocycles. The van der Waals surface area contributed by atoms with Crippen LogP contribution in [-0.4, -0.2) is 5.11 Å². The third-order valence-corrected chi connectivity index (χ3v) is 4.33. The molecule has 1 nitrogen and oxygen atoms in total. The number of aryl methyl sites for hydroxylation is 2. The highest BCUT2D eigenvalue weighted by Crippen LogP contribution is 2.41. The predicted molar refractivity (Wildman–Crippen MR) is 77.4 cm³/mol. The molecule has 2 aromatic carbocycles. The van der Waals surface area contributed by atoms with Gasteiger partial charge in [-0.3, -0.25) is 0 Å². The van der Waals surface area contributed by atoms with Gasteiger partial charge in [-0.05, 0) is 48.7 Å². The fraction of sp³-hybridized carbons (Fsp3) is 0.250. The Hall–Kier alpha value is -1.46. The minimum atomic E-state index is -4.44. The average Bonchev–Trinajstić information content (AvgIpc) is 2.42. The molecule has 21 heavy (non-hydrogen) atoms. The van der Waals surface area contributed by atoms with Crippen LogP contribution in [0.4, 0.5) is 13.2 Å². The van der Waals surface area contributed by atoms with Crippen molar-refractivity contribution in [3.8, 4) is 0 Å². The molecule has 0 saturated heterocycles. The number of aliphatic hydroxyl groups is 1. The van der Waals surface area contributed by atoms with Crippen molar-refractivity contribution in [2.45, 2.75) is 36.4 Å². The molecule has 5 heteroatoms. The van der Waals surface area contributed by atoms with E-state index in [4.69, 9.17) is 5.11 Å². The maximum absolute atomic E-state index is 13.2. The number of rotatable bonds is 3. The summed E-state index contributed by atoms with van der Waals surface area (Å²) in [4.78, 5) is 0.950. The van der Waals surface area contributed by atoms with E-state index in [0.717, 1.165) is 33.9 Å². The number of hydrogen-bond acceptors (Lipinski definition) is 2. The van der Waals surface area contributed by atoms with E-state index in [0.29, 0.717) is 0 Å². The summed E-state index contributed by atoms with van der Waals surface area (Å²) < 4.78 is 39.5. The highest BCUT2D eigenvalue weighted by Gasteiger charge is 2.34. The first-order valence-corrected chi connectivity index (χ1v) is 7.19. The topological polar surface area (TPSA) is 20.2 Å². The van der Waals surface area contributed by atoms with Crippen molar-refractivity contribution < 1.29 is 18.3 Å². The van der Waals surface area contributed by atoms with E-state index in [2.05, 4.69) is 0 Å². The standard InChI is InChI=1S/C16H15F3OS/c1-10-3-4-11(2)15(7-10)21-14-6-5-12(9-20)8-13(14)16(17,18)19/h3-8,20H,9H2,1-2H3. The minimum Gasteiger partial charge on any atom is -0.392 e. The van der Waals surface area contributed by atoms with Crippen molar-refractivity contribution >= 4 is 11.8 Å². The number of halogens is 3. The van der Waals surface area contributed by atoms with Crippen LogP contribution < -0.4 is 0 Å². The lowest BCUT2D eigenvalue weighted by atomic mass is 10.1. The molecule has 0 unspecified atom stereocenters. The smallest absolute Gasteiger partial charge is 0.392 e. The van der Waals surface area contributed by atoms with Gasteiger partial charge < -0.3 is 5.11 Å². The Balaban J connectivity index is 2.46. The van der Waals surface area contributed by atoms with Crippen LogP contribution in [0.2, 0.25) is 0 Å². The molecule has 112 valence electrons. The zero-order valence-electron chi connectivity index (χ0n) is 11.7. The summed E-state index contributed by atoms with van der Waals surface area (Å²) >= 11 is 1.10. The minimum absolute atomic E-state index is 0.147. The van der Waals surface area contributed by atoms with Gasteiger partial charge in [-0.15, -0.1) is 0 Å². The average molecular weight is 312 g/mol. The molecule has 0 atom stereocenters. The van der Waals surface area contributed by atoms with E-state index in [-0.39, 0.29) is 10.5 Å². The molecule has 0 amide bonds. The molecular weight excluding hydrogens is 297 g/mol. The first-order chi connectivity index (χ1) is 9.81. The summed E-state index contributed by atoms with van der Waals surface area (Å²) in [7, 11) is 0. The number of benzene rings is 2. The Labute approximate surface area is 125 Å². The van der Waals surface area contributed by atoms with E-state index >= 15 is 0 Å². The van der Waals surface area contributed by atoms with Gasteiger partial charge in [-0.2, -0.15) is 13.2 Å². The second kappa shape index (κ2) is 6.12. The first kappa shape index (κ1) is 15.9. The molecule has 1 N–H and O–H groups in total. The van der Waals surface area contributed by atoms with Gasteiger partial charge >= 0.3 is 6.18 Å². The van der Waals surface area contributed by atoms with Gasteiger partial charge in [0.05, 0.1) is 12.2 Å². The van der Waals surface area contributed by atoms with Gasteiger partial charge in [0.1, 0.15) is 0 Å². The molecule has 0 aliphatic rings.